The molecular weight excluding hydrogens is 290 g/mol. The highest BCUT2D eigenvalue weighted by atomic mass is 16.2. The first-order chi connectivity index (χ1) is 11.2. The van der Waals surface area contributed by atoms with Gasteiger partial charge in [0.15, 0.2) is 0 Å². The van der Waals surface area contributed by atoms with Crippen LogP contribution in [0.2, 0.25) is 0 Å². The summed E-state index contributed by atoms with van der Waals surface area (Å²) in [6, 6.07) is 8.33. The molecule has 0 saturated carbocycles. The van der Waals surface area contributed by atoms with Crippen LogP contribution in [0.15, 0.2) is 24.3 Å². The first-order valence-corrected chi connectivity index (χ1v) is 8.61. The number of benzene rings is 1. The molecule has 5 heteroatoms. The second-order valence-corrected chi connectivity index (χ2v) is 6.34. The summed E-state index contributed by atoms with van der Waals surface area (Å²) in [5, 5.41) is 2.98. The zero-order valence-electron chi connectivity index (χ0n) is 13.6. The molecule has 23 heavy (non-hydrogen) atoms. The second-order valence-electron chi connectivity index (χ2n) is 6.34. The van der Waals surface area contributed by atoms with Crippen molar-refractivity contribution in [3.8, 4) is 0 Å². The van der Waals surface area contributed by atoms with Gasteiger partial charge in [-0.25, -0.2) is 0 Å². The summed E-state index contributed by atoms with van der Waals surface area (Å²) in [7, 11) is 0. The van der Waals surface area contributed by atoms with E-state index in [1.807, 2.05) is 11.0 Å². The quantitative estimate of drug-likeness (QED) is 0.811. The van der Waals surface area contributed by atoms with Gasteiger partial charge in [-0.3, -0.25) is 9.59 Å². The minimum absolute atomic E-state index is 0.0643. The zero-order chi connectivity index (χ0) is 16.1. The SMILES string of the molecule is O=C(CN1CCCc2ccccc21)NCCCN1CCCC1=O. The Morgan fingerprint density at radius 2 is 1.87 bits per heavy atom. The molecule has 0 aliphatic carbocycles. The van der Waals surface area contributed by atoms with E-state index in [-0.39, 0.29) is 11.8 Å². The first-order valence-electron chi connectivity index (χ1n) is 8.61. The molecule has 0 atom stereocenters. The molecule has 0 unspecified atom stereocenters. The molecule has 2 amide bonds. The third kappa shape index (κ3) is 4.03. The normalized spacial score (nSPS) is 17.3. The molecule has 1 aromatic rings. The summed E-state index contributed by atoms with van der Waals surface area (Å²) in [5.74, 6) is 0.315. The predicted octanol–water partition coefficient (Wildman–Crippen LogP) is 1.57. The fraction of sp³-hybridized carbons (Fsp3) is 0.556. The van der Waals surface area contributed by atoms with Gasteiger partial charge in [-0.2, -0.15) is 0 Å². The van der Waals surface area contributed by atoms with Crippen LogP contribution in [0.3, 0.4) is 0 Å². The van der Waals surface area contributed by atoms with Gasteiger partial charge in [0.25, 0.3) is 0 Å². The maximum atomic E-state index is 12.1. The fourth-order valence-electron chi connectivity index (χ4n) is 3.44. The smallest absolute Gasteiger partial charge is 0.239 e. The number of hydrogen-bond acceptors (Lipinski definition) is 3. The van der Waals surface area contributed by atoms with E-state index in [9.17, 15) is 9.59 Å². The molecule has 1 saturated heterocycles. The fourth-order valence-corrected chi connectivity index (χ4v) is 3.44. The number of nitrogens with one attached hydrogen (secondary N) is 1. The minimum Gasteiger partial charge on any atom is -0.362 e. The number of carbonyl (C=O) groups excluding carboxylic acids is 2. The molecule has 1 fully saturated rings. The van der Waals surface area contributed by atoms with Crippen molar-refractivity contribution in [1.82, 2.24) is 10.2 Å². The Bertz CT molecular complexity index is 573. The van der Waals surface area contributed by atoms with E-state index in [0.717, 1.165) is 45.3 Å². The van der Waals surface area contributed by atoms with Crippen molar-refractivity contribution >= 4 is 17.5 Å². The Kier molecular flexibility index (Phi) is 5.16. The number of para-hydroxylation sites is 1. The lowest BCUT2D eigenvalue weighted by molar-refractivity contribution is -0.127. The van der Waals surface area contributed by atoms with Crippen LogP contribution in [0.5, 0.6) is 0 Å². The molecule has 3 rings (SSSR count). The molecule has 0 radical (unpaired) electrons. The Hall–Kier alpha value is -2.04. The first kappa shape index (κ1) is 15.8. The van der Waals surface area contributed by atoms with Crippen molar-refractivity contribution in [2.24, 2.45) is 0 Å². The predicted molar refractivity (Wildman–Crippen MR) is 90.4 cm³/mol. The summed E-state index contributed by atoms with van der Waals surface area (Å²) in [5.41, 5.74) is 2.52. The van der Waals surface area contributed by atoms with Gasteiger partial charge < -0.3 is 15.1 Å². The van der Waals surface area contributed by atoms with Crippen molar-refractivity contribution in [3.63, 3.8) is 0 Å². The van der Waals surface area contributed by atoms with E-state index in [0.29, 0.717) is 19.5 Å². The number of amides is 2. The number of carbonyl (C=O) groups is 2. The van der Waals surface area contributed by atoms with Gasteiger partial charge in [-0.1, -0.05) is 18.2 Å². The number of likely N-dealkylation sites (tertiary alicyclic amines) is 1. The highest BCUT2D eigenvalue weighted by Crippen LogP contribution is 2.26. The molecule has 2 aliphatic rings. The molecule has 2 aliphatic heterocycles. The molecule has 0 aromatic heterocycles. The van der Waals surface area contributed by atoms with Crippen molar-refractivity contribution in [3.05, 3.63) is 29.8 Å². The van der Waals surface area contributed by atoms with Crippen LogP contribution in [0.4, 0.5) is 5.69 Å². The molecule has 5 nitrogen and oxygen atoms in total. The van der Waals surface area contributed by atoms with Gasteiger partial charge in [0, 0.05) is 38.3 Å². The number of hydrogen-bond donors (Lipinski definition) is 1. The van der Waals surface area contributed by atoms with Gasteiger partial charge in [0.05, 0.1) is 6.54 Å². The Labute approximate surface area is 137 Å². The average molecular weight is 315 g/mol. The highest BCUT2D eigenvalue weighted by molar-refractivity contribution is 5.82. The van der Waals surface area contributed by atoms with Gasteiger partial charge in [-0.05, 0) is 37.3 Å². The standard InChI is InChI=1S/C18H25N3O2/c22-17(19-10-5-13-20-11-4-9-18(20)23)14-21-12-3-7-15-6-1-2-8-16(15)21/h1-2,6,8H,3-5,7,9-14H2,(H,19,22). The summed E-state index contributed by atoms with van der Waals surface area (Å²) >= 11 is 0. The number of nitrogens with zero attached hydrogens (tertiary/aromatic N) is 2. The number of fused-ring (bicyclic) bond motifs is 1. The van der Waals surface area contributed by atoms with Gasteiger partial charge in [0.2, 0.25) is 11.8 Å². The van der Waals surface area contributed by atoms with E-state index in [2.05, 4.69) is 28.4 Å². The van der Waals surface area contributed by atoms with Crippen molar-refractivity contribution < 1.29 is 9.59 Å². The van der Waals surface area contributed by atoms with E-state index in [1.165, 1.54) is 11.3 Å². The number of rotatable bonds is 6. The number of anilines is 1. The molecule has 0 spiro atoms. The van der Waals surface area contributed by atoms with Crippen LogP contribution in [0.1, 0.15) is 31.2 Å². The lowest BCUT2D eigenvalue weighted by atomic mass is 10.0. The molecule has 1 aromatic carbocycles. The summed E-state index contributed by atoms with van der Waals surface area (Å²) in [6.45, 7) is 3.62. The van der Waals surface area contributed by atoms with Crippen LogP contribution in [0, 0.1) is 0 Å². The van der Waals surface area contributed by atoms with E-state index in [1.54, 1.807) is 0 Å². The summed E-state index contributed by atoms with van der Waals surface area (Å²) < 4.78 is 0. The van der Waals surface area contributed by atoms with E-state index in [4.69, 9.17) is 0 Å². The van der Waals surface area contributed by atoms with Gasteiger partial charge >= 0.3 is 0 Å². The third-order valence-electron chi connectivity index (χ3n) is 4.64. The summed E-state index contributed by atoms with van der Waals surface area (Å²) in [6.07, 6.45) is 4.67. The maximum Gasteiger partial charge on any atom is 0.239 e. The molecular formula is C18H25N3O2. The van der Waals surface area contributed by atoms with E-state index < -0.39 is 0 Å². The summed E-state index contributed by atoms with van der Waals surface area (Å²) in [4.78, 5) is 27.7. The Balaban J connectivity index is 1.41. The Morgan fingerprint density at radius 1 is 1.09 bits per heavy atom. The highest BCUT2D eigenvalue weighted by Gasteiger charge is 2.20. The molecule has 1 N–H and O–H groups in total. The lowest BCUT2D eigenvalue weighted by Crippen LogP contribution is -2.40. The third-order valence-corrected chi connectivity index (χ3v) is 4.64. The number of aryl methyl sites for hydroxylation is 1. The van der Waals surface area contributed by atoms with Crippen molar-refractivity contribution in [2.45, 2.75) is 32.1 Å². The van der Waals surface area contributed by atoms with Crippen molar-refractivity contribution in [1.29, 1.82) is 0 Å². The zero-order valence-corrected chi connectivity index (χ0v) is 13.6. The minimum atomic E-state index is 0.0643. The van der Waals surface area contributed by atoms with Crippen molar-refractivity contribution in [2.75, 3.05) is 37.6 Å². The van der Waals surface area contributed by atoms with Crippen LogP contribution >= 0.6 is 0 Å². The van der Waals surface area contributed by atoms with E-state index >= 15 is 0 Å². The van der Waals surface area contributed by atoms with Crippen LogP contribution in [-0.4, -0.2) is 49.4 Å². The van der Waals surface area contributed by atoms with Gasteiger partial charge in [-0.15, -0.1) is 0 Å². The largest absolute Gasteiger partial charge is 0.362 e. The monoisotopic (exact) mass is 315 g/mol. The maximum absolute atomic E-state index is 12.1. The Morgan fingerprint density at radius 3 is 2.70 bits per heavy atom. The molecule has 124 valence electrons. The lowest BCUT2D eigenvalue weighted by Gasteiger charge is -2.30. The second kappa shape index (κ2) is 7.49. The van der Waals surface area contributed by atoms with Gasteiger partial charge in [0.1, 0.15) is 0 Å². The molecule has 0 bridgehead atoms. The molecule has 2 heterocycles. The average Bonchev–Trinajstić information content (AvgIpc) is 2.97. The van der Waals surface area contributed by atoms with Crippen LogP contribution in [0.25, 0.3) is 0 Å². The van der Waals surface area contributed by atoms with Crippen LogP contribution < -0.4 is 10.2 Å². The topological polar surface area (TPSA) is 52.7 Å². The van der Waals surface area contributed by atoms with Crippen LogP contribution in [-0.2, 0) is 16.0 Å².